The van der Waals surface area contributed by atoms with E-state index in [-0.39, 0.29) is 19.8 Å². The van der Waals surface area contributed by atoms with Crippen LogP contribution in [0.2, 0.25) is 0 Å². The van der Waals surface area contributed by atoms with Crippen molar-refractivity contribution in [3.63, 3.8) is 0 Å². The zero-order valence-electron chi connectivity index (χ0n) is 18.5. The monoisotopic (exact) mass is 457 g/mol. The number of alkyl carbamates (subject to hydrolysis) is 1. The third-order valence-electron chi connectivity index (χ3n) is 4.36. The Hall–Kier alpha value is -3.88. The van der Waals surface area contributed by atoms with Crippen LogP contribution in [0.25, 0.3) is 0 Å². The van der Waals surface area contributed by atoms with E-state index in [9.17, 15) is 19.2 Å². The van der Waals surface area contributed by atoms with Crippen LogP contribution in [-0.2, 0) is 35.2 Å². The number of hydrogen-bond acceptors (Lipinski definition) is 8. The lowest BCUT2D eigenvalue weighted by Crippen LogP contribution is -2.43. The number of carbonyl (C=O) groups is 4. The topological polar surface area (TPSA) is 117 Å². The number of Topliss-reactive ketones (excluding diaryl/α,β-unsaturated/α-hetero) is 1. The molecule has 0 radical (unpaired) electrons. The second kappa shape index (κ2) is 13.5. The van der Waals surface area contributed by atoms with Crippen LogP contribution in [-0.4, -0.2) is 49.7 Å². The molecule has 0 fully saturated rings. The van der Waals surface area contributed by atoms with Crippen molar-refractivity contribution in [1.29, 1.82) is 0 Å². The molecule has 2 aromatic carbocycles. The van der Waals surface area contributed by atoms with Gasteiger partial charge in [0.1, 0.15) is 12.4 Å². The molecule has 1 amide bonds. The zero-order chi connectivity index (χ0) is 24.1. The van der Waals surface area contributed by atoms with E-state index in [2.05, 4.69) is 5.32 Å². The average Bonchev–Trinajstić information content (AvgIpc) is 2.84. The molecule has 2 aromatic rings. The molecular weight excluding hydrogens is 430 g/mol. The van der Waals surface area contributed by atoms with Crippen LogP contribution < -0.4 is 10.1 Å². The van der Waals surface area contributed by atoms with Gasteiger partial charge < -0.3 is 24.3 Å². The van der Waals surface area contributed by atoms with Crippen LogP contribution in [0.5, 0.6) is 5.75 Å². The minimum atomic E-state index is -1.77. The molecular formula is C24H27NO8. The fraction of sp³-hybridized carbons (Fsp3) is 0.333. The van der Waals surface area contributed by atoms with Crippen molar-refractivity contribution in [2.24, 2.45) is 5.92 Å². The molecule has 0 heterocycles. The molecule has 0 spiro atoms. The molecule has 2 atom stereocenters. The summed E-state index contributed by atoms with van der Waals surface area (Å²) in [6.45, 7) is 2.50. The Morgan fingerprint density at radius 1 is 0.909 bits per heavy atom. The first-order chi connectivity index (χ1) is 15.9. The van der Waals surface area contributed by atoms with Crippen molar-refractivity contribution in [3.05, 3.63) is 66.2 Å². The van der Waals surface area contributed by atoms with Crippen LogP contribution in [0.15, 0.2) is 60.7 Å². The van der Waals surface area contributed by atoms with Crippen LogP contribution in [0, 0.1) is 5.92 Å². The molecule has 2 rings (SSSR count). The van der Waals surface area contributed by atoms with E-state index < -0.39 is 42.4 Å². The summed E-state index contributed by atoms with van der Waals surface area (Å²) in [5.74, 6) is -3.04. The lowest BCUT2D eigenvalue weighted by molar-refractivity contribution is -0.173. The van der Waals surface area contributed by atoms with E-state index in [4.69, 9.17) is 18.9 Å². The van der Waals surface area contributed by atoms with Gasteiger partial charge in [-0.3, -0.25) is 4.79 Å². The molecule has 1 N–H and O–H groups in total. The Balaban J connectivity index is 1.86. The van der Waals surface area contributed by atoms with Crippen molar-refractivity contribution in [2.45, 2.75) is 26.6 Å². The summed E-state index contributed by atoms with van der Waals surface area (Å²) in [4.78, 5) is 49.0. The SMILES string of the molecule is CCOC(=O)C(OC(=O)COc1ccccc1)C(=O)C(C)CNC(=O)OCc1ccccc1. The van der Waals surface area contributed by atoms with Crippen molar-refractivity contribution in [1.82, 2.24) is 5.32 Å². The normalized spacial score (nSPS) is 12.1. The minimum absolute atomic E-state index is 0.000871. The van der Waals surface area contributed by atoms with Gasteiger partial charge in [-0.05, 0) is 24.6 Å². The molecule has 0 saturated carbocycles. The third-order valence-corrected chi connectivity index (χ3v) is 4.36. The van der Waals surface area contributed by atoms with Gasteiger partial charge in [0, 0.05) is 12.5 Å². The van der Waals surface area contributed by atoms with Crippen molar-refractivity contribution >= 4 is 23.8 Å². The summed E-state index contributed by atoms with van der Waals surface area (Å²) in [6, 6.07) is 17.6. The lowest BCUT2D eigenvalue weighted by Gasteiger charge is -2.19. The van der Waals surface area contributed by atoms with Gasteiger partial charge in [0.05, 0.1) is 6.61 Å². The Bertz CT molecular complexity index is 917. The molecule has 9 heteroatoms. The van der Waals surface area contributed by atoms with Gasteiger partial charge in [0.15, 0.2) is 12.4 Å². The number of hydrogen-bond donors (Lipinski definition) is 1. The van der Waals surface area contributed by atoms with Crippen LogP contribution in [0.3, 0.4) is 0 Å². The maximum Gasteiger partial charge on any atom is 0.407 e. The quantitative estimate of drug-likeness (QED) is 0.294. The van der Waals surface area contributed by atoms with Crippen molar-refractivity contribution in [2.75, 3.05) is 19.8 Å². The van der Waals surface area contributed by atoms with Crippen LogP contribution >= 0.6 is 0 Å². The highest BCUT2D eigenvalue weighted by molar-refractivity contribution is 6.04. The first-order valence-electron chi connectivity index (χ1n) is 10.4. The van der Waals surface area contributed by atoms with E-state index in [1.807, 2.05) is 18.2 Å². The fourth-order valence-corrected chi connectivity index (χ4v) is 2.63. The standard InChI is InChI=1S/C24H27NO8/c1-3-30-23(28)22(33-20(26)16-31-19-12-8-5-9-13-19)21(27)17(2)14-25-24(29)32-15-18-10-6-4-7-11-18/h4-13,17,22H,3,14-16H2,1-2H3,(H,25,29). The summed E-state index contributed by atoms with van der Waals surface area (Å²) in [7, 11) is 0. The number of esters is 2. The highest BCUT2D eigenvalue weighted by Gasteiger charge is 2.35. The predicted molar refractivity (Wildman–Crippen MR) is 117 cm³/mol. The number of ether oxygens (including phenoxy) is 4. The maximum absolute atomic E-state index is 12.8. The van der Waals surface area contributed by atoms with Gasteiger partial charge in [-0.2, -0.15) is 0 Å². The van der Waals surface area contributed by atoms with Gasteiger partial charge in [0.2, 0.25) is 0 Å². The minimum Gasteiger partial charge on any atom is -0.482 e. The summed E-state index contributed by atoms with van der Waals surface area (Å²) in [5, 5.41) is 2.46. The molecule has 9 nitrogen and oxygen atoms in total. The van der Waals surface area contributed by atoms with Crippen LogP contribution in [0.1, 0.15) is 19.4 Å². The van der Waals surface area contributed by atoms with Crippen molar-refractivity contribution in [3.8, 4) is 5.75 Å². The van der Waals surface area contributed by atoms with Gasteiger partial charge in [-0.1, -0.05) is 55.5 Å². The number of ketones is 1. The Labute approximate surface area is 192 Å². The molecule has 0 aliphatic heterocycles. The van der Waals surface area contributed by atoms with E-state index in [0.29, 0.717) is 5.75 Å². The lowest BCUT2D eigenvalue weighted by atomic mass is 10.0. The second-order valence-electron chi connectivity index (χ2n) is 6.97. The number of amides is 1. The fourth-order valence-electron chi connectivity index (χ4n) is 2.63. The van der Waals surface area contributed by atoms with Crippen LogP contribution in [0.4, 0.5) is 4.79 Å². The maximum atomic E-state index is 12.8. The molecule has 0 aliphatic rings. The number of benzene rings is 2. The van der Waals surface area contributed by atoms with Gasteiger partial charge in [-0.25, -0.2) is 14.4 Å². The van der Waals surface area contributed by atoms with E-state index in [1.54, 1.807) is 49.4 Å². The molecule has 0 saturated heterocycles. The first-order valence-corrected chi connectivity index (χ1v) is 10.4. The van der Waals surface area contributed by atoms with Crippen molar-refractivity contribution < 1.29 is 38.1 Å². The van der Waals surface area contributed by atoms with Gasteiger partial charge >= 0.3 is 18.0 Å². The highest BCUT2D eigenvalue weighted by atomic mass is 16.6. The first kappa shape index (κ1) is 25.4. The molecule has 0 bridgehead atoms. The zero-order valence-corrected chi connectivity index (χ0v) is 18.5. The highest BCUT2D eigenvalue weighted by Crippen LogP contribution is 2.11. The third kappa shape index (κ3) is 9.02. The second-order valence-corrected chi connectivity index (χ2v) is 6.97. The summed E-state index contributed by atoms with van der Waals surface area (Å²) < 4.78 is 20.3. The molecule has 0 aromatic heterocycles. The van der Waals surface area contributed by atoms with Gasteiger partial charge in [-0.15, -0.1) is 0 Å². The Kier molecular flexibility index (Phi) is 10.4. The number of nitrogens with one attached hydrogen (secondary N) is 1. The predicted octanol–water partition coefficient (Wildman–Crippen LogP) is 2.67. The largest absolute Gasteiger partial charge is 0.482 e. The Morgan fingerprint density at radius 3 is 2.18 bits per heavy atom. The number of carbonyl (C=O) groups excluding carboxylic acids is 4. The summed E-state index contributed by atoms with van der Waals surface area (Å²) >= 11 is 0. The Morgan fingerprint density at radius 2 is 1.55 bits per heavy atom. The molecule has 176 valence electrons. The number of para-hydroxylation sites is 1. The van der Waals surface area contributed by atoms with E-state index in [0.717, 1.165) is 5.56 Å². The molecule has 33 heavy (non-hydrogen) atoms. The summed E-state index contributed by atoms with van der Waals surface area (Å²) in [6.07, 6.45) is -2.49. The molecule has 2 unspecified atom stereocenters. The number of rotatable bonds is 12. The average molecular weight is 457 g/mol. The molecule has 0 aliphatic carbocycles. The van der Waals surface area contributed by atoms with E-state index in [1.165, 1.54) is 6.92 Å². The van der Waals surface area contributed by atoms with Gasteiger partial charge in [0.25, 0.3) is 6.10 Å². The van der Waals surface area contributed by atoms with E-state index >= 15 is 0 Å². The smallest absolute Gasteiger partial charge is 0.407 e. The summed E-state index contributed by atoms with van der Waals surface area (Å²) in [5.41, 5.74) is 0.809.